The maximum atomic E-state index is 15.2. The Morgan fingerprint density at radius 2 is 1.72 bits per heavy atom. The first-order valence-electron chi connectivity index (χ1n) is 10.1. The quantitative estimate of drug-likeness (QED) is 0.547. The number of aliphatic carboxylic acids is 1. The summed E-state index contributed by atoms with van der Waals surface area (Å²) in [6.45, 7) is 4.69. The second-order valence-corrected chi connectivity index (χ2v) is 7.70. The van der Waals surface area contributed by atoms with Crippen LogP contribution in [-0.2, 0) is 4.79 Å². The molecule has 0 atom stereocenters. The molecule has 0 saturated heterocycles. The molecule has 0 amide bonds. The summed E-state index contributed by atoms with van der Waals surface area (Å²) >= 11 is 0. The van der Waals surface area contributed by atoms with Crippen molar-refractivity contribution in [2.24, 2.45) is 0 Å². The molecule has 0 bridgehead atoms. The van der Waals surface area contributed by atoms with Crippen LogP contribution in [0.25, 0.3) is 17.2 Å². The highest BCUT2D eigenvalue weighted by atomic mass is 19.1. The molecule has 0 aromatic heterocycles. The Labute approximate surface area is 170 Å². The molecule has 5 heteroatoms. The molecule has 3 nitrogen and oxygen atoms in total. The zero-order valence-electron chi connectivity index (χ0n) is 17.1. The number of carboxylic acid groups (broad SMARTS) is 1. The Morgan fingerprint density at radius 1 is 1.10 bits per heavy atom. The van der Waals surface area contributed by atoms with Gasteiger partial charge >= 0.3 is 5.97 Å². The Morgan fingerprint density at radius 3 is 2.28 bits per heavy atom. The van der Waals surface area contributed by atoms with E-state index in [2.05, 4.69) is 5.32 Å². The van der Waals surface area contributed by atoms with Crippen LogP contribution in [0.3, 0.4) is 0 Å². The number of hydrogen-bond donors (Lipinski definition) is 2. The fourth-order valence-electron chi connectivity index (χ4n) is 3.99. The normalized spacial score (nSPS) is 15.0. The van der Waals surface area contributed by atoms with Gasteiger partial charge in [-0.25, -0.2) is 13.6 Å². The van der Waals surface area contributed by atoms with Crippen molar-refractivity contribution in [2.75, 3.05) is 5.32 Å². The molecule has 1 fully saturated rings. The lowest BCUT2D eigenvalue weighted by atomic mass is 9.92. The van der Waals surface area contributed by atoms with E-state index >= 15 is 8.78 Å². The van der Waals surface area contributed by atoms with Gasteiger partial charge in [0.15, 0.2) is 0 Å². The first kappa shape index (κ1) is 21.0. The second kappa shape index (κ2) is 8.76. The molecule has 29 heavy (non-hydrogen) atoms. The fraction of sp³-hybridized carbons (Fsp3) is 0.375. The van der Waals surface area contributed by atoms with Gasteiger partial charge in [-0.05, 0) is 68.0 Å². The predicted octanol–water partition coefficient (Wildman–Crippen LogP) is 6.48. The van der Waals surface area contributed by atoms with E-state index in [1.807, 2.05) is 12.1 Å². The third-order valence-corrected chi connectivity index (χ3v) is 5.77. The van der Waals surface area contributed by atoms with Crippen molar-refractivity contribution >= 4 is 17.7 Å². The van der Waals surface area contributed by atoms with Gasteiger partial charge in [-0.1, -0.05) is 31.9 Å². The van der Waals surface area contributed by atoms with Crippen LogP contribution in [0.1, 0.15) is 55.7 Å². The van der Waals surface area contributed by atoms with Gasteiger partial charge in [-0.2, -0.15) is 0 Å². The smallest absolute Gasteiger partial charge is 0.331 e. The summed E-state index contributed by atoms with van der Waals surface area (Å²) in [5, 5.41) is 12.7. The summed E-state index contributed by atoms with van der Waals surface area (Å²) < 4.78 is 30.3. The van der Waals surface area contributed by atoms with Crippen LogP contribution >= 0.6 is 0 Å². The molecule has 0 unspecified atom stereocenters. The molecule has 1 saturated carbocycles. The van der Waals surface area contributed by atoms with E-state index in [0.29, 0.717) is 11.6 Å². The predicted molar refractivity (Wildman–Crippen MR) is 113 cm³/mol. The highest BCUT2D eigenvalue weighted by Crippen LogP contribution is 2.35. The Balaban J connectivity index is 1.99. The maximum absolute atomic E-state index is 15.2. The number of halogens is 2. The van der Waals surface area contributed by atoms with Gasteiger partial charge in [0.05, 0.1) is 0 Å². The Bertz CT molecular complexity index is 913. The number of carbonyl (C=O) groups is 1. The highest BCUT2D eigenvalue weighted by molar-refractivity contribution is 5.92. The standard InChI is InChI=1S/C24H27F2NO2/c1-4-16(24(28)29)13-20-14(2)23(26)21(15(3)22(20)25)17-9-11-19(12-10-17)27-18-7-5-6-8-18/h9-13,18,27H,4-8H2,1-3H3,(H,28,29)/b16-13+. The minimum atomic E-state index is -1.13. The first-order valence-corrected chi connectivity index (χ1v) is 10.1. The van der Waals surface area contributed by atoms with Crippen LogP contribution in [0.4, 0.5) is 14.5 Å². The Hall–Kier alpha value is -2.69. The van der Waals surface area contributed by atoms with E-state index in [0.717, 1.165) is 18.5 Å². The topological polar surface area (TPSA) is 49.3 Å². The van der Waals surface area contributed by atoms with E-state index < -0.39 is 17.6 Å². The fourth-order valence-corrected chi connectivity index (χ4v) is 3.99. The average Bonchev–Trinajstić information content (AvgIpc) is 3.21. The van der Waals surface area contributed by atoms with Crippen LogP contribution in [-0.4, -0.2) is 17.1 Å². The van der Waals surface area contributed by atoms with Crippen LogP contribution in [0.5, 0.6) is 0 Å². The summed E-state index contributed by atoms with van der Waals surface area (Å²) in [5.41, 5.74) is 2.13. The summed E-state index contributed by atoms with van der Waals surface area (Å²) in [5.74, 6) is -2.23. The number of rotatable bonds is 6. The van der Waals surface area contributed by atoms with Crippen molar-refractivity contribution < 1.29 is 18.7 Å². The monoisotopic (exact) mass is 399 g/mol. The molecule has 1 aliphatic carbocycles. The molecule has 2 aromatic rings. The highest BCUT2D eigenvalue weighted by Gasteiger charge is 2.21. The lowest BCUT2D eigenvalue weighted by molar-refractivity contribution is -0.132. The van der Waals surface area contributed by atoms with Crippen molar-refractivity contribution in [3.8, 4) is 11.1 Å². The van der Waals surface area contributed by atoms with E-state index in [1.54, 1.807) is 19.1 Å². The number of nitrogens with one attached hydrogen (secondary N) is 1. The Kier molecular flexibility index (Phi) is 6.36. The van der Waals surface area contributed by atoms with E-state index in [9.17, 15) is 9.90 Å². The van der Waals surface area contributed by atoms with E-state index in [4.69, 9.17) is 0 Å². The molecule has 2 aromatic carbocycles. The zero-order valence-corrected chi connectivity index (χ0v) is 17.1. The average molecular weight is 399 g/mol. The third kappa shape index (κ3) is 4.34. The summed E-state index contributed by atoms with van der Waals surface area (Å²) in [4.78, 5) is 11.3. The number of benzene rings is 2. The molecule has 0 spiro atoms. The van der Waals surface area contributed by atoms with Crippen LogP contribution in [0, 0.1) is 25.5 Å². The summed E-state index contributed by atoms with van der Waals surface area (Å²) in [6, 6.07) is 7.87. The lowest BCUT2D eigenvalue weighted by Gasteiger charge is -2.17. The minimum absolute atomic E-state index is 0.00233. The SMILES string of the molecule is CC/C(=C\c1c(C)c(F)c(-c2ccc(NC3CCCC3)cc2)c(C)c1F)C(=O)O. The summed E-state index contributed by atoms with van der Waals surface area (Å²) in [6.07, 6.45) is 6.26. The molecule has 0 heterocycles. The zero-order chi connectivity index (χ0) is 21.1. The molecule has 0 aliphatic heterocycles. The second-order valence-electron chi connectivity index (χ2n) is 7.70. The van der Waals surface area contributed by atoms with Gasteiger partial charge in [-0.3, -0.25) is 0 Å². The first-order chi connectivity index (χ1) is 13.8. The van der Waals surface area contributed by atoms with Gasteiger partial charge < -0.3 is 10.4 Å². The van der Waals surface area contributed by atoms with Gasteiger partial charge in [0.1, 0.15) is 11.6 Å². The van der Waals surface area contributed by atoms with Gasteiger partial charge in [0, 0.05) is 28.4 Å². The molecule has 2 N–H and O–H groups in total. The third-order valence-electron chi connectivity index (χ3n) is 5.77. The molecular formula is C24H27F2NO2. The molecule has 154 valence electrons. The largest absolute Gasteiger partial charge is 0.478 e. The molecule has 3 rings (SSSR count). The van der Waals surface area contributed by atoms with E-state index in [1.165, 1.54) is 32.8 Å². The summed E-state index contributed by atoms with van der Waals surface area (Å²) in [7, 11) is 0. The van der Waals surface area contributed by atoms with Gasteiger partial charge in [-0.15, -0.1) is 0 Å². The molecular weight excluding hydrogens is 372 g/mol. The van der Waals surface area contributed by atoms with Crippen molar-refractivity contribution in [3.05, 3.63) is 58.2 Å². The number of carboxylic acids is 1. The molecule has 1 aliphatic rings. The van der Waals surface area contributed by atoms with Crippen molar-refractivity contribution in [1.82, 2.24) is 0 Å². The van der Waals surface area contributed by atoms with Crippen LogP contribution in [0.2, 0.25) is 0 Å². The lowest BCUT2D eigenvalue weighted by Crippen LogP contribution is -2.14. The van der Waals surface area contributed by atoms with Crippen molar-refractivity contribution in [3.63, 3.8) is 0 Å². The molecule has 0 radical (unpaired) electrons. The van der Waals surface area contributed by atoms with Crippen LogP contribution in [0.15, 0.2) is 29.8 Å². The van der Waals surface area contributed by atoms with Crippen molar-refractivity contribution in [2.45, 2.75) is 58.9 Å². The minimum Gasteiger partial charge on any atom is -0.478 e. The van der Waals surface area contributed by atoms with Gasteiger partial charge in [0.2, 0.25) is 0 Å². The van der Waals surface area contributed by atoms with E-state index in [-0.39, 0.29) is 34.2 Å². The van der Waals surface area contributed by atoms with Crippen LogP contribution < -0.4 is 5.32 Å². The van der Waals surface area contributed by atoms with Gasteiger partial charge in [0.25, 0.3) is 0 Å². The maximum Gasteiger partial charge on any atom is 0.331 e. The number of hydrogen-bond acceptors (Lipinski definition) is 2. The number of anilines is 1. The van der Waals surface area contributed by atoms with Crippen molar-refractivity contribution in [1.29, 1.82) is 0 Å².